The number of rotatable bonds is 10. The van der Waals surface area contributed by atoms with E-state index in [9.17, 15) is 17.6 Å². The molecule has 0 spiro atoms. The molecule has 1 aromatic heterocycles. The van der Waals surface area contributed by atoms with E-state index in [1.54, 1.807) is 17.5 Å². The molecule has 0 aliphatic carbocycles. The van der Waals surface area contributed by atoms with Crippen LogP contribution in [0.1, 0.15) is 38.2 Å². The van der Waals surface area contributed by atoms with Gasteiger partial charge in [-0.1, -0.05) is 19.1 Å². The molecule has 0 aliphatic heterocycles. The number of hydrogen-bond acceptors (Lipinski definition) is 4. The summed E-state index contributed by atoms with van der Waals surface area (Å²) in [5.41, 5.74) is 0.765. The predicted molar refractivity (Wildman–Crippen MR) is 121 cm³/mol. The molecule has 0 aliphatic rings. The zero-order valence-electron chi connectivity index (χ0n) is 17.6. The monoisotopic (exact) mass is 464 g/mol. The molecule has 0 saturated carbocycles. The summed E-state index contributed by atoms with van der Waals surface area (Å²) in [6.07, 6.45) is 3.00. The molecule has 3 rings (SSSR count). The second-order valence-electron chi connectivity index (χ2n) is 7.10. The van der Waals surface area contributed by atoms with Crippen LogP contribution in [0.4, 0.5) is 28.4 Å². The Balaban J connectivity index is 1.66. The summed E-state index contributed by atoms with van der Waals surface area (Å²) in [4.78, 5) is 4.38. The summed E-state index contributed by atoms with van der Waals surface area (Å²) in [7, 11) is 0. The quantitative estimate of drug-likeness (QED) is 0.186. The fourth-order valence-electron chi connectivity index (χ4n) is 2.99. The van der Waals surface area contributed by atoms with Gasteiger partial charge in [0, 0.05) is 16.6 Å². The maximum absolute atomic E-state index is 13.6. The van der Waals surface area contributed by atoms with E-state index in [1.165, 1.54) is 35.6 Å². The number of nitrogens with one attached hydrogen (secondary N) is 1. The van der Waals surface area contributed by atoms with Gasteiger partial charge in [-0.2, -0.15) is 13.2 Å². The molecule has 0 amide bonds. The summed E-state index contributed by atoms with van der Waals surface area (Å²) >= 11 is 1.25. The highest BCUT2D eigenvalue weighted by atomic mass is 32.1. The second kappa shape index (κ2) is 11.1. The van der Waals surface area contributed by atoms with Gasteiger partial charge >= 0.3 is 6.18 Å². The molecule has 0 radical (unpaired) electrons. The molecule has 2 aromatic carbocycles. The summed E-state index contributed by atoms with van der Waals surface area (Å²) in [5, 5.41) is 5.10. The summed E-state index contributed by atoms with van der Waals surface area (Å²) in [5.74, 6) is -0.532. The standard InChI is InChI=1S/C24H24F4N2OS/c1-2-3-4-5-6-7-14-31-22-13-12-19(15-20(22)24(26,27)28)29-23-30-21(16-32-23)17-8-10-18(25)11-9-17/h3-4,8-13,15-16H,2,5-7,14H2,1H3,(H,29,30)/b4-3-. The number of thiazole rings is 1. The van der Waals surface area contributed by atoms with Gasteiger partial charge in [0.1, 0.15) is 11.6 Å². The number of nitrogens with zero attached hydrogens (tertiary/aromatic N) is 1. The van der Waals surface area contributed by atoms with Crippen molar-refractivity contribution in [2.75, 3.05) is 11.9 Å². The zero-order valence-corrected chi connectivity index (χ0v) is 18.4. The van der Waals surface area contributed by atoms with Crippen molar-refractivity contribution < 1.29 is 22.3 Å². The lowest BCUT2D eigenvalue weighted by atomic mass is 10.1. The number of anilines is 2. The first-order valence-corrected chi connectivity index (χ1v) is 11.2. The molecule has 170 valence electrons. The number of alkyl halides is 3. The van der Waals surface area contributed by atoms with E-state index in [0.717, 1.165) is 30.9 Å². The topological polar surface area (TPSA) is 34.1 Å². The van der Waals surface area contributed by atoms with Crippen LogP contribution in [-0.2, 0) is 6.18 Å². The number of benzene rings is 2. The van der Waals surface area contributed by atoms with Crippen LogP contribution in [0.2, 0.25) is 0 Å². The van der Waals surface area contributed by atoms with Gasteiger partial charge in [-0.15, -0.1) is 11.3 Å². The lowest BCUT2D eigenvalue weighted by Crippen LogP contribution is -2.10. The lowest BCUT2D eigenvalue weighted by molar-refractivity contribution is -0.138. The number of hydrogen-bond donors (Lipinski definition) is 1. The predicted octanol–water partition coefficient (Wildman–Crippen LogP) is 8.23. The van der Waals surface area contributed by atoms with Gasteiger partial charge in [0.25, 0.3) is 0 Å². The van der Waals surface area contributed by atoms with E-state index in [2.05, 4.69) is 29.4 Å². The van der Waals surface area contributed by atoms with Crippen LogP contribution in [-0.4, -0.2) is 11.6 Å². The van der Waals surface area contributed by atoms with Gasteiger partial charge < -0.3 is 10.1 Å². The smallest absolute Gasteiger partial charge is 0.420 e. The molecular formula is C24H24F4N2OS. The normalized spacial score (nSPS) is 11.8. The van der Waals surface area contributed by atoms with Gasteiger partial charge in [0.2, 0.25) is 0 Å². The van der Waals surface area contributed by atoms with E-state index in [1.807, 2.05) is 0 Å². The zero-order chi connectivity index (χ0) is 23.0. The highest BCUT2D eigenvalue weighted by Gasteiger charge is 2.34. The van der Waals surface area contributed by atoms with Crippen LogP contribution in [0.3, 0.4) is 0 Å². The Hall–Kier alpha value is -2.87. The Morgan fingerprint density at radius 1 is 1.06 bits per heavy atom. The minimum Gasteiger partial charge on any atom is -0.493 e. The number of ether oxygens (including phenoxy) is 1. The van der Waals surface area contributed by atoms with Crippen LogP contribution >= 0.6 is 11.3 Å². The summed E-state index contributed by atoms with van der Waals surface area (Å²) in [6, 6.07) is 9.75. The van der Waals surface area contributed by atoms with Crippen molar-refractivity contribution in [3.63, 3.8) is 0 Å². The molecule has 3 aromatic rings. The van der Waals surface area contributed by atoms with Crippen molar-refractivity contribution in [2.45, 2.75) is 38.8 Å². The number of unbranched alkanes of at least 4 members (excludes halogenated alkanes) is 2. The van der Waals surface area contributed by atoms with Crippen molar-refractivity contribution in [2.24, 2.45) is 0 Å². The Morgan fingerprint density at radius 2 is 1.84 bits per heavy atom. The third-order valence-electron chi connectivity index (χ3n) is 4.61. The van der Waals surface area contributed by atoms with Crippen LogP contribution in [0.5, 0.6) is 5.75 Å². The molecule has 32 heavy (non-hydrogen) atoms. The third kappa shape index (κ3) is 6.82. The van der Waals surface area contributed by atoms with Crippen molar-refractivity contribution in [3.05, 3.63) is 71.4 Å². The molecule has 0 fully saturated rings. The highest BCUT2D eigenvalue weighted by Crippen LogP contribution is 2.39. The minimum absolute atomic E-state index is 0.182. The van der Waals surface area contributed by atoms with E-state index in [4.69, 9.17) is 4.74 Å². The molecule has 8 heteroatoms. The van der Waals surface area contributed by atoms with Crippen molar-refractivity contribution >= 4 is 22.2 Å². The average Bonchev–Trinajstić information content (AvgIpc) is 3.22. The van der Waals surface area contributed by atoms with Crippen molar-refractivity contribution in [1.29, 1.82) is 0 Å². The molecule has 0 bridgehead atoms. The van der Waals surface area contributed by atoms with Crippen molar-refractivity contribution in [1.82, 2.24) is 4.98 Å². The third-order valence-corrected chi connectivity index (χ3v) is 5.36. The number of halogens is 4. The van der Waals surface area contributed by atoms with Crippen LogP contribution in [0.25, 0.3) is 11.3 Å². The van der Waals surface area contributed by atoms with Gasteiger partial charge in [-0.25, -0.2) is 9.37 Å². The van der Waals surface area contributed by atoms with Gasteiger partial charge in [-0.3, -0.25) is 0 Å². The Kier molecular flexibility index (Phi) is 8.27. The van der Waals surface area contributed by atoms with Crippen LogP contribution in [0, 0.1) is 5.82 Å². The Bertz CT molecular complexity index is 1030. The van der Waals surface area contributed by atoms with Gasteiger partial charge in [0.15, 0.2) is 5.13 Å². The van der Waals surface area contributed by atoms with Gasteiger partial charge in [-0.05, 0) is 68.1 Å². The molecule has 1 N–H and O–H groups in total. The summed E-state index contributed by atoms with van der Waals surface area (Å²) < 4.78 is 59.3. The SMILES string of the molecule is CC/C=C\CCCCOc1ccc(Nc2nc(-c3ccc(F)cc3)cs2)cc1C(F)(F)F. The second-order valence-corrected chi connectivity index (χ2v) is 7.96. The van der Waals surface area contributed by atoms with Gasteiger partial charge in [0.05, 0.1) is 17.9 Å². The average molecular weight is 465 g/mol. The van der Waals surface area contributed by atoms with E-state index >= 15 is 0 Å². The van der Waals surface area contributed by atoms with Crippen molar-refractivity contribution in [3.8, 4) is 17.0 Å². The van der Waals surface area contributed by atoms with Crippen LogP contribution in [0.15, 0.2) is 60.0 Å². The molecule has 0 atom stereocenters. The molecule has 3 nitrogen and oxygen atoms in total. The maximum atomic E-state index is 13.6. The molecule has 1 heterocycles. The Labute approximate surface area is 188 Å². The largest absolute Gasteiger partial charge is 0.493 e. The highest BCUT2D eigenvalue weighted by molar-refractivity contribution is 7.14. The fourth-order valence-corrected chi connectivity index (χ4v) is 3.73. The van der Waals surface area contributed by atoms with E-state index in [0.29, 0.717) is 17.2 Å². The Morgan fingerprint density at radius 3 is 2.56 bits per heavy atom. The first-order chi connectivity index (χ1) is 15.4. The van der Waals surface area contributed by atoms with E-state index in [-0.39, 0.29) is 23.9 Å². The first-order valence-electron chi connectivity index (χ1n) is 10.3. The van der Waals surface area contributed by atoms with Crippen LogP contribution < -0.4 is 10.1 Å². The van der Waals surface area contributed by atoms with E-state index < -0.39 is 11.7 Å². The first kappa shape index (κ1) is 23.8. The lowest BCUT2D eigenvalue weighted by Gasteiger charge is -2.15. The molecule has 0 unspecified atom stereocenters. The number of allylic oxidation sites excluding steroid dienone is 2. The number of aromatic nitrogens is 1. The molecular weight excluding hydrogens is 440 g/mol. The minimum atomic E-state index is -4.54. The molecule has 0 saturated heterocycles. The summed E-state index contributed by atoms with van der Waals surface area (Å²) in [6.45, 7) is 2.28. The fraction of sp³-hybridized carbons (Fsp3) is 0.292. The maximum Gasteiger partial charge on any atom is 0.420 e.